The van der Waals surface area contributed by atoms with Crippen molar-refractivity contribution in [3.8, 4) is 0 Å². The maximum atomic E-state index is 10.9. The van der Waals surface area contributed by atoms with Gasteiger partial charge in [0.1, 0.15) is 0 Å². The molecule has 0 bridgehead atoms. The van der Waals surface area contributed by atoms with E-state index in [0.717, 1.165) is 12.8 Å². The van der Waals surface area contributed by atoms with Gasteiger partial charge in [-0.2, -0.15) is 0 Å². The number of allylic oxidation sites excluding steroid dienone is 4. The van der Waals surface area contributed by atoms with E-state index in [1.54, 1.807) is 0 Å². The number of ether oxygens (including phenoxy) is 1. The van der Waals surface area contributed by atoms with Crippen LogP contribution in [0.25, 0.3) is 0 Å². The topological polar surface area (TPSA) is 26.3 Å². The fraction of sp³-hybridized carbons (Fsp3) is 0.750. The summed E-state index contributed by atoms with van der Waals surface area (Å²) >= 11 is 0. The van der Waals surface area contributed by atoms with Crippen LogP contribution in [-0.4, -0.2) is 13.1 Å². The predicted octanol–water partition coefficient (Wildman–Crippen LogP) is 6.36. The molecule has 2 nitrogen and oxygen atoms in total. The van der Waals surface area contributed by atoms with Crippen LogP contribution in [0.3, 0.4) is 0 Å². The molecule has 128 valence electrons. The Kier molecular flexibility index (Phi) is 17.1. The van der Waals surface area contributed by atoms with Crippen molar-refractivity contribution in [1.29, 1.82) is 0 Å². The van der Waals surface area contributed by atoms with Gasteiger partial charge in [0.2, 0.25) is 0 Å². The lowest BCUT2D eigenvalue weighted by atomic mass is 10.0. The lowest BCUT2D eigenvalue weighted by Crippen LogP contribution is -1.99. The highest BCUT2D eigenvalue weighted by atomic mass is 16.5. The highest BCUT2D eigenvalue weighted by molar-refractivity contribution is 5.68. The van der Waals surface area contributed by atoms with Gasteiger partial charge in [-0.25, -0.2) is 0 Å². The Bertz CT molecular complexity index is 292. The number of esters is 1. The van der Waals surface area contributed by atoms with Crippen LogP contribution in [0.15, 0.2) is 24.3 Å². The van der Waals surface area contributed by atoms with E-state index >= 15 is 0 Å². The van der Waals surface area contributed by atoms with Crippen LogP contribution in [0.5, 0.6) is 0 Å². The Hall–Kier alpha value is -1.05. The Morgan fingerprint density at radius 2 is 1.27 bits per heavy atom. The van der Waals surface area contributed by atoms with Crippen molar-refractivity contribution < 1.29 is 9.53 Å². The fourth-order valence-corrected chi connectivity index (χ4v) is 2.51. The fourth-order valence-electron chi connectivity index (χ4n) is 2.51. The van der Waals surface area contributed by atoms with E-state index in [1.807, 2.05) is 6.92 Å². The number of carbonyl (C=O) groups is 1. The normalized spacial score (nSPS) is 11.5. The molecule has 0 atom stereocenters. The SMILES string of the molecule is C/C=C\C=C/CCCCCCCCCCCCCC(=O)OC. The van der Waals surface area contributed by atoms with E-state index in [2.05, 4.69) is 29.0 Å². The molecule has 0 fully saturated rings. The summed E-state index contributed by atoms with van der Waals surface area (Å²) in [6.45, 7) is 2.05. The van der Waals surface area contributed by atoms with E-state index in [1.165, 1.54) is 71.3 Å². The van der Waals surface area contributed by atoms with Crippen LogP contribution in [0, 0.1) is 0 Å². The number of unbranched alkanes of at least 4 members (excludes halogenated alkanes) is 11. The van der Waals surface area contributed by atoms with Gasteiger partial charge in [0.15, 0.2) is 0 Å². The van der Waals surface area contributed by atoms with Gasteiger partial charge in [-0.3, -0.25) is 4.79 Å². The summed E-state index contributed by atoms with van der Waals surface area (Å²) in [5.41, 5.74) is 0. The third kappa shape index (κ3) is 17.0. The first-order valence-corrected chi connectivity index (χ1v) is 9.16. The molecule has 0 aromatic carbocycles. The predicted molar refractivity (Wildman–Crippen MR) is 96.0 cm³/mol. The smallest absolute Gasteiger partial charge is 0.305 e. The minimum Gasteiger partial charge on any atom is -0.469 e. The molecule has 0 unspecified atom stereocenters. The van der Waals surface area contributed by atoms with Gasteiger partial charge in [0, 0.05) is 6.42 Å². The maximum absolute atomic E-state index is 10.9. The molecule has 0 amide bonds. The lowest BCUT2D eigenvalue weighted by molar-refractivity contribution is -0.140. The van der Waals surface area contributed by atoms with E-state index in [9.17, 15) is 4.79 Å². The Balaban J connectivity index is 3.07. The summed E-state index contributed by atoms with van der Waals surface area (Å²) in [6, 6.07) is 0. The van der Waals surface area contributed by atoms with Crippen LogP contribution in [0.4, 0.5) is 0 Å². The van der Waals surface area contributed by atoms with Gasteiger partial charge >= 0.3 is 5.97 Å². The maximum Gasteiger partial charge on any atom is 0.305 e. The highest BCUT2D eigenvalue weighted by Gasteiger charge is 1.99. The standard InChI is InChI=1S/C20H36O2/c1-3-4-5-6-7-8-9-10-11-12-13-14-15-16-17-18-19-20(21)22-2/h3-6H,7-19H2,1-2H3/b4-3-,6-5-. The van der Waals surface area contributed by atoms with Crippen molar-refractivity contribution in [2.75, 3.05) is 7.11 Å². The summed E-state index contributed by atoms with van der Waals surface area (Å²) in [6.07, 6.45) is 24.7. The summed E-state index contributed by atoms with van der Waals surface area (Å²) in [5, 5.41) is 0. The Labute approximate surface area is 138 Å². The van der Waals surface area contributed by atoms with Gasteiger partial charge in [-0.05, 0) is 26.2 Å². The van der Waals surface area contributed by atoms with Gasteiger partial charge in [0.05, 0.1) is 7.11 Å². The molecule has 22 heavy (non-hydrogen) atoms. The molecule has 0 saturated carbocycles. The van der Waals surface area contributed by atoms with Crippen LogP contribution in [0.2, 0.25) is 0 Å². The number of hydrogen-bond donors (Lipinski definition) is 0. The molecule has 0 rings (SSSR count). The van der Waals surface area contributed by atoms with Gasteiger partial charge in [-0.15, -0.1) is 0 Å². The van der Waals surface area contributed by atoms with E-state index in [4.69, 9.17) is 0 Å². The molecule has 0 aliphatic carbocycles. The van der Waals surface area contributed by atoms with Crippen LogP contribution < -0.4 is 0 Å². The Morgan fingerprint density at radius 1 is 0.773 bits per heavy atom. The van der Waals surface area contributed by atoms with Gasteiger partial charge in [-0.1, -0.05) is 82.1 Å². The minimum absolute atomic E-state index is 0.0719. The molecule has 0 radical (unpaired) electrons. The first kappa shape index (κ1) is 20.9. The lowest BCUT2D eigenvalue weighted by Gasteiger charge is -2.02. The van der Waals surface area contributed by atoms with Gasteiger partial charge < -0.3 is 4.74 Å². The number of hydrogen-bond acceptors (Lipinski definition) is 2. The zero-order valence-electron chi connectivity index (χ0n) is 14.8. The molecule has 0 saturated heterocycles. The second-order valence-electron chi connectivity index (χ2n) is 5.96. The molecule has 0 aromatic rings. The zero-order valence-corrected chi connectivity index (χ0v) is 14.8. The average Bonchev–Trinajstić information content (AvgIpc) is 2.54. The third-order valence-electron chi connectivity index (χ3n) is 3.92. The summed E-state index contributed by atoms with van der Waals surface area (Å²) in [5.74, 6) is -0.0719. The van der Waals surface area contributed by atoms with Crippen molar-refractivity contribution in [2.45, 2.75) is 90.4 Å². The van der Waals surface area contributed by atoms with Crippen molar-refractivity contribution in [3.05, 3.63) is 24.3 Å². The van der Waals surface area contributed by atoms with Crippen molar-refractivity contribution in [2.24, 2.45) is 0 Å². The number of methoxy groups -OCH3 is 1. The molecule has 0 N–H and O–H groups in total. The van der Waals surface area contributed by atoms with E-state index in [0.29, 0.717) is 6.42 Å². The van der Waals surface area contributed by atoms with Crippen LogP contribution in [0.1, 0.15) is 90.4 Å². The molecular weight excluding hydrogens is 272 g/mol. The molecule has 0 aromatic heterocycles. The second kappa shape index (κ2) is 18.0. The first-order valence-electron chi connectivity index (χ1n) is 9.16. The van der Waals surface area contributed by atoms with E-state index in [-0.39, 0.29) is 5.97 Å². The van der Waals surface area contributed by atoms with Crippen molar-refractivity contribution in [3.63, 3.8) is 0 Å². The monoisotopic (exact) mass is 308 g/mol. The van der Waals surface area contributed by atoms with Crippen LogP contribution >= 0.6 is 0 Å². The average molecular weight is 309 g/mol. The third-order valence-corrected chi connectivity index (χ3v) is 3.92. The second-order valence-corrected chi connectivity index (χ2v) is 5.96. The molecule has 0 spiro atoms. The summed E-state index contributed by atoms with van der Waals surface area (Å²) < 4.78 is 4.63. The van der Waals surface area contributed by atoms with Crippen molar-refractivity contribution in [1.82, 2.24) is 0 Å². The molecule has 0 aliphatic rings. The zero-order chi connectivity index (χ0) is 16.3. The first-order chi connectivity index (χ1) is 10.8. The quantitative estimate of drug-likeness (QED) is 0.200. The minimum atomic E-state index is -0.0719. The summed E-state index contributed by atoms with van der Waals surface area (Å²) in [4.78, 5) is 10.9. The van der Waals surface area contributed by atoms with Crippen molar-refractivity contribution >= 4 is 5.97 Å². The molecule has 2 heteroatoms. The van der Waals surface area contributed by atoms with Crippen LogP contribution in [-0.2, 0) is 9.53 Å². The summed E-state index contributed by atoms with van der Waals surface area (Å²) in [7, 11) is 1.46. The van der Waals surface area contributed by atoms with E-state index < -0.39 is 0 Å². The molecule has 0 heterocycles. The largest absolute Gasteiger partial charge is 0.469 e. The molecular formula is C20H36O2. The van der Waals surface area contributed by atoms with Gasteiger partial charge in [0.25, 0.3) is 0 Å². The number of carbonyl (C=O) groups excluding carboxylic acids is 1. The number of rotatable bonds is 15. The Morgan fingerprint density at radius 3 is 1.77 bits per heavy atom. The molecule has 0 aliphatic heterocycles. The highest BCUT2D eigenvalue weighted by Crippen LogP contribution is 2.12.